The highest BCUT2D eigenvalue weighted by atomic mass is 16.5. The van der Waals surface area contributed by atoms with Crippen LogP contribution in [0.3, 0.4) is 0 Å². The minimum atomic E-state index is 0.318. The van der Waals surface area contributed by atoms with Gasteiger partial charge in [-0.2, -0.15) is 0 Å². The smallest absolute Gasteiger partial charge is 0.156 e. The Labute approximate surface area is 83.7 Å². The molecule has 1 heterocycles. The minimum Gasteiger partial charge on any atom is -0.487 e. The first-order valence-electron chi connectivity index (χ1n) is 4.97. The maximum Gasteiger partial charge on any atom is 0.156 e. The number of rotatable bonds is 3. The molecule has 0 bridgehead atoms. The predicted octanol–water partition coefficient (Wildman–Crippen LogP) is 0.996. The van der Waals surface area contributed by atoms with Crippen molar-refractivity contribution in [3.63, 3.8) is 0 Å². The lowest BCUT2D eigenvalue weighted by Crippen LogP contribution is -2.23. The van der Waals surface area contributed by atoms with Crippen LogP contribution in [0.4, 0.5) is 0 Å². The van der Waals surface area contributed by atoms with Crippen molar-refractivity contribution in [1.29, 1.82) is 0 Å². The van der Waals surface area contributed by atoms with Crippen molar-refractivity contribution in [3.05, 3.63) is 18.7 Å². The third kappa shape index (κ3) is 2.20. The number of ether oxygens (including phenoxy) is 1. The molecule has 2 atom stereocenters. The molecule has 1 fully saturated rings. The second kappa shape index (κ2) is 4.37. The van der Waals surface area contributed by atoms with Crippen LogP contribution in [0, 0.1) is 0 Å². The molecule has 14 heavy (non-hydrogen) atoms. The van der Waals surface area contributed by atoms with Gasteiger partial charge >= 0.3 is 0 Å². The normalized spacial score (nSPS) is 26.4. The molecule has 1 saturated carbocycles. The average molecular weight is 193 g/mol. The van der Waals surface area contributed by atoms with Gasteiger partial charge in [0.2, 0.25) is 0 Å². The molecular formula is C10H15N3O. The molecule has 1 aromatic heterocycles. The second-order valence-corrected chi connectivity index (χ2v) is 3.61. The molecule has 0 spiro atoms. The SMILES string of the molecule is CNC1CCC(Oc2cncnc2)C1. The summed E-state index contributed by atoms with van der Waals surface area (Å²) in [5.41, 5.74) is 0. The van der Waals surface area contributed by atoms with E-state index in [9.17, 15) is 0 Å². The van der Waals surface area contributed by atoms with Crippen molar-refractivity contribution >= 4 is 0 Å². The summed E-state index contributed by atoms with van der Waals surface area (Å²) in [5, 5.41) is 3.27. The van der Waals surface area contributed by atoms with Crippen LogP contribution in [0.1, 0.15) is 19.3 Å². The van der Waals surface area contributed by atoms with Crippen LogP contribution >= 0.6 is 0 Å². The largest absolute Gasteiger partial charge is 0.487 e. The van der Waals surface area contributed by atoms with E-state index in [2.05, 4.69) is 15.3 Å². The van der Waals surface area contributed by atoms with E-state index >= 15 is 0 Å². The first-order chi connectivity index (χ1) is 6.88. The van der Waals surface area contributed by atoms with Gasteiger partial charge in [0.15, 0.2) is 5.75 Å². The zero-order valence-corrected chi connectivity index (χ0v) is 8.31. The van der Waals surface area contributed by atoms with Crippen LogP contribution in [0.2, 0.25) is 0 Å². The highest BCUT2D eigenvalue weighted by Crippen LogP contribution is 2.23. The lowest BCUT2D eigenvalue weighted by molar-refractivity contribution is 0.205. The number of hydrogen-bond acceptors (Lipinski definition) is 4. The summed E-state index contributed by atoms with van der Waals surface area (Å²) in [6.45, 7) is 0. The van der Waals surface area contributed by atoms with Crippen molar-refractivity contribution in [2.75, 3.05) is 7.05 Å². The van der Waals surface area contributed by atoms with Crippen molar-refractivity contribution in [3.8, 4) is 5.75 Å². The van der Waals surface area contributed by atoms with E-state index in [0.717, 1.165) is 18.6 Å². The van der Waals surface area contributed by atoms with E-state index in [1.807, 2.05) is 7.05 Å². The maximum absolute atomic E-state index is 5.74. The van der Waals surface area contributed by atoms with E-state index in [1.165, 1.54) is 12.7 Å². The Morgan fingerprint density at radius 1 is 1.36 bits per heavy atom. The fourth-order valence-electron chi connectivity index (χ4n) is 1.85. The first-order valence-corrected chi connectivity index (χ1v) is 4.97. The molecule has 0 radical (unpaired) electrons. The molecule has 1 N–H and O–H groups in total. The molecule has 0 aliphatic heterocycles. The van der Waals surface area contributed by atoms with Gasteiger partial charge in [0.25, 0.3) is 0 Å². The summed E-state index contributed by atoms with van der Waals surface area (Å²) in [4.78, 5) is 7.83. The third-order valence-electron chi connectivity index (χ3n) is 2.63. The van der Waals surface area contributed by atoms with Crippen LogP contribution in [-0.4, -0.2) is 29.2 Å². The van der Waals surface area contributed by atoms with Crippen molar-refractivity contribution in [2.45, 2.75) is 31.4 Å². The lowest BCUT2D eigenvalue weighted by atomic mass is 10.2. The third-order valence-corrected chi connectivity index (χ3v) is 2.63. The van der Waals surface area contributed by atoms with Crippen LogP contribution in [0.5, 0.6) is 5.75 Å². The summed E-state index contributed by atoms with van der Waals surface area (Å²) in [7, 11) is 2.00. The molecule has 0 saturated heterocycles. The monoisotopic (exact) mass is 193 g/mol. The van der Waals surface area contributed by atoms with E-state index in [4.69, 9.17) is 4.74 Å². The minimum absolute atomic E-state index is 0.318. The molecule has 4 heteroatoms. The van der Waals surface area contributed by atoms with Gasteiger partial charge in [0.1, 0.15) is 12.4 Å². The van der Waals surface area contributed by atoms with Crippen LogP contribution < -0.4 is 10.1 Å². The zero-order chi connectivity index (χ0) is 9.80. The highest BCUT2D eigenvalue weighted by molar-refractivity contribution is 5.11. The highest BCUT2D eigenvalue weighted by Gasteiger charge is 2.24. The van der Waals surface area contributed by atoms with Gasteiger partial charge in [-0.15, -0.1) is 0 Å². The van der Waals surface area contributed by atoms with Crippen molar-refractivity contribution in [1.82, 2.24) is 15.3 Å². The Kier molecular flexibility index (Phi) is 2.93. The van der Waals surface area contributed by atoms with E-state index in [-0.39, 0.29) is 0 Å². The molecule has 1 aliphatic carbocycles. The molecule has 1 aliphatic rings. The van der Waals surface area contributed by atoms with E-state index < -0.39 is 0 Å². The van der Waals surface area contributed by atoms with Crippen LogP contribution in [-0.2, 0) is 0 Å². The summed E-state index contributed by atoms with van der Waals surface area (Å²) in [6.07, 6.45) is 8.62. The molecule has 0 aromatic carbocycles. The number of nitrogens with one attached hydrogen (secondary N) is 1. The van der Waals surface area contributed by atoms with Gasteiger partial charge in [-0.3, -0.25) is 0 Å². The number of nitrogens with zero attached hydrogens (tertiary/aromatic N) is 2. The molecular weight excluding hydrogens is 178 g/mol. The lowest BCUT2D eigenvalue weighted by Gasteiger charge is -2.12. The summed E-state index contributed by atoms with van der Waals surface area (Å²) in [6, 6.07) is 0.602. The standard InChI is InChI=1S/C10H15N3O/c1-11-8-2-3-9(4-8)14-10-5-12-7-13-6-10/h5-9,11H,2-4H2,1H3. The number of aromatic nitrogens is 2. The van der Waals surface area contributed by atoms with Gasteiger partial charge in [-0.1, -0.05) is 0 Å². The second-order valence-electron chi connectivity index (χ2n) is 3.61. The van der Waals surface area contributed by atoms with Gasteiger partial charge < -0.3 is 10.1 Å². The van der Waals surface area contributed by atoms with E-state index in [0.29, 0.717) is 12.1 Å². The maximum atomic E-state index is 5.74. The Balaban J connectivity index is 1.88. The van der Waals surface area contributed by atoms with Gasteiger partial charge in [-0.25, -0.2) is 9.97 Å². The van der Waals surface area contributed by atoms with Gasteiger partial charge in [0.05, 0.1) is 12.4 Å². The summed E-state index contributed by atoms with van der Waals surface area (Å²) < 4.78 is 5.74. The molecule has 0 amide bonds. The van der Waals surface area contributed by atoms with Crippen LogP contribution in [0.25, 0.3) is 0 Å². The zero-order valence-electron chi connectivity index (χ0n) is 8.31. The van der Waals surface area contributed by atoms with E-state index in [1.54, 1.807) is 12.4 Å². The topological polar surface area (TPSA) is 47.0 Å². The Morgan fingerprint density at radius 2 is 2.14 bits per heavy atom. The molecule has 2 rings (SSSR count). The quantitative estimate of drug-likeness (QED) is 0.777. The molecule has 76 valence electrons. The molecule has 2 unspecified atom stereocenters. The number of hydrogen-bond donors (Lipinski definition) is 1. The molecule has 4 nitrogen and oxygen atoms in total. The van der Waals surface area contributed by atoms with Gasteiger partial charge in [-0.05, 0) is 26.3 Å². The fourth-order valence-corrected chi connectivity index (χ4v) is 1.85. The Morgan fingerprint density at radius 3 is 2.79 bits per heavy atom. The van der Waals surface area contributed by atoms with Crippen molar-refractivity contribution < 1.29 is 4.74 Å². The fraction of sp³-hybridized carbons (Fsp3) is 0.600. The average Bonchev–Trinajstić information content (AvgIpc) is 2.67. The van der Waals surface area contributed by atoms with Crippen molar-refractivity contribution in [2.24, 2.45) is 0 Å². The summed E-state index contributed by atoms with van der Waals surface area (Å²) in [5.74, 6) is 0.772. The first kappa shape index (κ1) is 9.40. The Hall–Kier alpha value is -1.16. The van der Waals surface area contributed by atoms with Crippen LogP contribution in [0.15, 0.2) is 18.7 Å². The summed E-state index contributed by atoms with van der Waals surface area (Å²) >= 11 is 0. The predicted molar refractivity (Wildman–Crippen MR) is 53.1 cm³/mol. The molecule has 1 aromatic rings. The Bertz CT molecular complexity index is 278. The van der Waals surface area contributed by atoms with Gasteiger partial charge in [0, 0.05) is 6.04 Å².